The van der Waals surface area contributed by atoms with E-state index in [1.54, 1.807) is 56.3 Å². The number of nitrogen functional groups attached to an aromatic ring is 1. The molecule has 182 valence electrons. The Bertz CT molecular complexity index is 1570. The van der Waals surface area contributed by atoms with Gasteiger partial charge in [-0.15, -0.1) is 0 Å². The molecule has 3 N–H and O–H groups in total. The third kappa shape index (κ3) is 4.85. The number of rotatable bonds is 6. The minimum Gasteiger partial charge on any atom is -0.459 e. The Balaban J connectivity index is 1.91. The maximum Gasteiger partial charge on any atom is 0.338 e. The summed E-state index contributed by atoms with van der Waals surface area (Å²) in [5.41, 5.74) is 6.86. The van der Waals surface area contributed by atoms with Crippen molar-refractivity contribution in [1.29, 1.82) is 5.26 Å². The fourth-order valence-electron chi connectivity index (χ4n) is 3.85. The number of pyridine rings is 1. The molecule has 0 aliphatic heterocycles. The Morgan fingerprint density at radius 1 is 1.19 bits per heavy atom. The Morgan fingerprint density at radius 2 is 1.94 bits per heavy atom. The maximum absolute atomic E-state index is 13.8. The summed E-state index contributed by atoms with van der Waals surface area (Å²) >= 11 is 6.41. The molecule has 0 saturated heterocycles. The Hall–Kier alpha value is -4.42. The lowest BCUT2D eigenvalue weighted by atomic mass is 10.1. The van der Waals surface area contributed by atoms with Gasteiger partial charge in [0.1, 0.15) is 17.5 Å². The maximum atomic E-state index is 13.8. The number of nitrogens with one attached hydrogen (secondary N) is 1. The van der Waals surface area contributed by atoms with Crippen LogP contribution in [0.1, 0.15) is 48.4 Å². The van der Waals surface area contributed by atoms with Crippen LogP contribution in [0.2, 0.25) is 5.02 Å². The van der Waals surface area contributed by atoms with Crippen LogP contribution < -0.4 is 16.6 Å². The third-order valence-electron chi connectivity index (χ3n) is 5.43. The predicted molar refractivity (Wildman–Crippen MR) is 138 cm³/mol. The average molecular weight is 503 g/mol. The number of carbonyl (C=O) groups is 1. The van der Waals surface area contributed by atoms with Gasteiger partial charge in [-0.25, -0.2) is 9.78 Å². The summed E-state index contributed by atoms with van der Waals surface area (Å²) < 4.78 is 6.80. The van der Waals surface area contributed by atoms with E-state index in [2.05, 4.69) is 15.3 Å². The number of nitrogens with zero attached hydrogens (tertiary/aromatic N) is 4. The molecule has 0 aliphatic carbocycles. The summed E-state index contributed by atoms with van der Waals surface area (Å²) in [4.78, 5) is 34.3. The molecule has 36 heavy (non-hydrogen) atoms. The van der Waals surface area contributed by atoms with Gasteiger partial charge in [0.2, 0.25) is 5.95 Å². The largest absolute Gasteiger partial charge is 0.459 e. The first-order valence-corrected chi connectivity index (χ1v) is 11.5. The van der Waals surface area contributed by atoms with Crippen molar-refractivity contribution >= 4 is 40.1 Å². The molecule has 2 heterocycles. The number of fused-ring (bicyclic) bond motifs is 1. The number of hydrogen-bond acceptors (Lipinski definition) is 8. The highest BCUT2D eigenvalue weighted by Gasteiger charge is 2.20. The molecule has 1 atom stereocenters. The van der Waals surface area contributed by atoms with Crippen molar-refractivity contribution < 1.29 is 9.53 Å². The lowest BCUT2D eigenvalue weighted by molar-refractivity contribution is 0.0378. The summed E-state index contributed by atoms with van der Waals surface area (Å²) in [6.45, 7) is 5.34. The molecule has 0 saturated carbocycles. The minimum absolute atomic E-state index is 0.00255. The Labute approximate surface area is 212 Å². The predicted octanol–water partition coefficient (Wildman–Crippen LogP) is 4.63. The van der Waals surface area contributed by atoms with E-state index < -0.39 is 12.0 Å². The van der Waals surface area contributed by atoms with Crippen LogP contribution in [-0.2, 0) is 4.74 Å². The fourth-order valence-corrected chi connectivity index (χ4v) is 4.11. The zero-order valence-electron chi connectivity index (χ0n) is 19.8. The summed E-state index contributed by atoms with van der Waals surface area (Å²) in [7, 11) is 0. The molecule has 2 aromatic heterocycles. The first-order chi connectivity index (χ1) is 17.2. The van der Waals surface area contributed by atoms with Crippen LogP contribution in [0.25, 0.3) is 16.5 Å². The molecule has 2 aromatic carbocycles. The van der Waals surface area contributed by atoms with Gasteiger partial charge >= 0.3 is 5.97 Å². The molecule has 0 radical (unpaired) electrons. The number of anilines is 2. The van der Waals surface area contributed by atoms with Gasteiger partial charge in [-0.05, 0) is 56.5 Å². The van der Waals surface area contributed by atoms with Crippen LogP contribution in [0.5, 0.6) is 0 Å². The van der Waals surface area contributed by atoms with Crippen LogP contribution in [0.3, 0.4) is 0 Å². The van der Waals surface area contributed by atoms with Crippen molar-refractivity contribution in [3.05, 3.63) is 86.9 Å². The Morgan fingerprint density at radius 3 is 2.67 bits per heavy atom. The second-order valence-corrected chi connectivity index (χ2v) is 8.79. The lowest BCUT2D eigenvalue weighted by Crippen LogP contribution is -2.26. The molecule has 0 fully saturated rings. The molecule has 0 aliphatic rings. The van der Waals surface area contributed by atoms with E-state index in [4.69, 9.17) is 22.1 Å². The van der Waals surface area contributed by atoms with Gasteiger partial charge in [0.25, 0.3) is 5.56 Å². The first kappa shape index (κ1) is 24.7. The molecule has 0 amide bonds. The molecule has 4 aromatic rings. The number of hydrogen-bond donors (Lipinski definition) is 2. The van der Waals surface area contributed by atoms with E-state index in [-0.39, 0.29) is 29.0 Å². The molecule has 9 nitrogen and oxygen atoms in total. The van der Waals surface area contributed by atoms with Gasteiger partial charge in [0.15, 0.2) is 0 Å². The van der Waals surface area contributed by atoms with Gasteiger partial charge in [-0.3, -0.25) is 9.36 Å². The SMILES string of the molecule is CC(C)OC(=O)c1cccc(-n2c(C(C)Nc3nc(N)ncc3C#N)cc3cccc(Cl)c3c2=O)c1. The number of aromatic nitrogens is 3. The van der Waals surface area contributed by atoms with Gasteiger partial charge in [-0.1, -0.05) is 29.8 Å². The van der Waals surface area contributed by atoms with Crippen LogP contribution in [-0.4, -0.2) is 26.6 Å². The highest BCUT2D eigenvalue weighted by atomic mass is 35.5. The number of nitrogens with two attached hydrogens (primary N) is 1. The standard InChI is InChI=1S/C26H23ClN6O3/c1-14(2)36-25(35)17-7-4-8-19(10-17)33-21(11-16-6-5-9-20(27)22(16)24(33)34)15(3)31-23-18(12-28)13-30-26(29)32-23/h4-11,13-15H,1-3H3,(H3,29,30,31,32). The second kappa shape index (κ2) is 10.1. The lowest BCUT2D eigenvalue weighted by Gasteiger charge is -2.22. The van der Waals surface area contributed by atoms with Crippen molar-refractivity contribution in [1.82, 2.24) is 14.5 Å². The van der Waals surface area contributed by atoms with Crippen molar-refractivity contribution in [2.75, 3.05) is 11.1 Å². The average Bonchev–Trinajstić information content (AvgIpc) is 2.83. The molecule has 1 unspecified atom stereocenters. The van der Waals surface area contributed by atoms with Crippen molar-refractivity contribution in [3.8, 4) is 11.8 Å². The Kier molecular flexibility index (Phi) is 6.90. The van der Waals surface area contributed by atoms with Crippen LogP contribution in [0, 0.1) is 11.3 Å². The molecule has 10 heteroatoms. The van der Waals surface area contributed by atoms with Crippen molar-refractivity contribution in [2.45, 2.75) is 32.9 Å². The van der Waals surface area contributed by atoms with E-state index in [0.717, 1.165) is 0 Å². The topological polar surface area (TPSA) is 136 Å². The van der Waals surface area contributed by atoms with Crippen LogP contribution in [0.4, 0.5) is 11.8 Å². The second-order valence-electron chi connectivity index (χ2n) is 8.39. The summed E-state index contributed by atoms with van der Waals surface area (Å²) in [6.07, 6.45) is 1.03. The fraction of sp³-hybridized carbons (Fsp3) is 0.192. The van der Waals surface area contributed by atoms with E-state index in [0.29, 0.717) is 32.7 Å². The monoisotopic (exact) mass is 502 g/mol. The van der Waals surface area contributed by atoms with Gasteiger partial charge in [0.05, 0.1) is 34.3 Å². The summed E-state index contributed by atoms with van der Waals surface area (Å²) in [6, 6.07) is 15.2. The van der Waals surface area contributed by atoms with Gasteiger partial charge < -0.3 is 15.8 Å². The number of ether oxygens (including phenoxy) is 1. The van der Waals surface area contributed by atoms with Crippen molar-refractivity contribution in [3.63, 3.8) is 0 Å². The van der Waals surface area contributed by atoms with Crippen molar-refractivity contribution in [2.24, 2.45) is 0 Å². The number of benzene rings is 2. The van der Waals surface area contributed by atoms with Crippen LogP contribution in [0.15, 0.2) is 59.5 Å². The molecule has 4 rings (SSSR count). The summed E-state index contributed by atoms with van der Waals surface area (Å²) in [5, 5.41) is 13.9. The van der Waals surface area contributed by atoms with E-state index in [9.17, 15) is 14.9 Å². The normalized spacial score (nSPS) is 11.8. The smallest absolute Gasteiger partial charge is 0.338 e. The molecule has 0 spiro atoms. The zero-order valence-corrected chi connectivity index (χ0v) is 20.6. The molecule has 0 bridgehead atoms. The van der Waals surface area contributed by atoms with Gasteiger partial charge in [-0.2, -0.15) is 10.2 Å². The summed E-state index contributed by atoms with van der Waals surface area (Å²) in [5.74, 6) is -0.263. The number of esters is 1. The highest BCUT2D eigenvalue weighted by Crippen LogP contribution is 2.28. The quantitative estimate of drug-likeness (QED) is 0.364. The molecular weight excluding hydrogens is 480 g/mol. The van der Waals surface area contributed by atoms with Gasteiger partial charge in [0, 0.05) is 11.4 Å². The van der Waals surface area contributed by atoms with E-state index in [1.165, 1.54) is 10.8 Å². The van der Waals surface area contributed by atoms with Crippen LogP contribution >= 0.6 is 11.6 Å². The minimum atomic E-state index is -0.520. The zero-order chi connectivity index (χ0) is 26.0. The number of carbonyl (C=O) groups excluding carboxylic acids is 1. The first-order valence-electron chi connectivity index (χ1n) is 11.1. The van der Waals surface area contributed by atoms with E-state index >= 15 is 0 Å². The highest BCUT2D eigenvalue weighted by molar-refractivity contribution is 6.35. The molecular formula is C26H23ClN6O3. The number of nitriles is 1. The number of halogens is 1. The van der Waals surface area contributed by atoms with E-state index in [1.807, 2.05) is 19.1 Å². The third-order valence-corrected chi connectivity index (χ3v) is 5.75.